The van der Waals surface area contributed by atoms with E-state index < -0.39 is 0 Å². The molecular formula is C17H22N2O. The molecule has 20 heavy (non-hydrogen) atoms. The zero-order chi connectivity index (χ0) is 13.8. The van der Waals surface area contributed by atoms with Crippen LogP contribution in [0.3, 0.4) is 0 Å². The summed E-state index contributed by atoms with van der Waals surface area (Å²) in [7, 11) is 0. The van der Waals surface area contributed by atoms with E-state index in [2.05, 4.69) is 28.8 Å². The molecule has 106 valence electrons. The molecule has 1 aromatic carbocycles. The summed E-state index contributed by atoms with van der Waals surface area (Å²) >= 11 is 0. The number of rotatable bonds is 5. The standard InChI is InChI=1S/C17H22N2O/c20-17(18-10-9-13-5-1-2-6-13)11-14-12-19-16-8-4-3-7-15(14)16/h3-5,7-8,14,19H,1-2,6,9-12H2,(H,18,20). The third kappa shape index (κ3) is 3.03. The highest BCUT2D eigenvalue weighted by Gasteiger charge is 2.23. The van der Waals surface area contributed by atoms with Gasteiger partial charge >= 0.3 is 0 Å². The van der Waals surface area contributed by atoms with Gasteiger partial charge in [0.25, 0.3) is 0 Å². The number of carbonyl (C=O) groups is 1. The second kappa shape index (κ2) is 6.12. The molecule has 0 aromatic heterocycles. The van der Waals surface area contributed by atoms with E-state index in [-0.39, 0.29) is 5.91 Å². The van der Waals surface area contributed by atoms with E-state index in [4.69, 9.17) is 0 Å². The van der Waals surface area contributed by atoms with Gasteiger partial charge in [-0.05, 0) is 37.3 Å². The summed E-state index contributed by atoms with van der Waals surface area (Å²) in [5, 5.41) is 6.43. The zero-order valence-corrected chi connectivity index (χ0v) is 11.8. The number of amides is 1. The molecule has 0 saturated carbocycles. The van der Waals surface area contributed by atoms with Crippen LogP contribution in [0.1, 0.15) is 43.6 Å². The summed E-state index contributed by atoms with van der Waals surface area (Å²) < 4.78 is 0. The lowest BCUT2D eigenvalue weighted by molar-refractivity contribution is -0.121. The smallest absolute Gasteiger partial charge is 0.220 e. The summed E-state index contributed by atoms with van der Waals surface area (Å²) in [6.07, 6.45) is 7.65. The van der Waals surface area contributed by atoms with Gasteiger partial charge in [-0.15, -0.1) is 0 Å². The molecule has 2 aliphatic rings. The Hall–Kier alpha value is -1.77. The largest absolute Gasteiger partial charge is 0.384 e. The van der Waals surface area contributed by atoms with E-state index in [1.54, 1.807) is 0 Å². The average molecular weight is 270 g/mol. The van der Waals surface area contributed by atoms with Gasteiger partial charge in [0.1, 0.15) is 0 Å². The van der Waals surface area contributed by atoms with Gasteiger partial charge in [-0.1, -0.05) is 29.8 Å². The third-order valence-corrected chi connectivity index (χ3v) is 4.27. The summed E-state index contributed by atoms with van der Waals surface area (Å²) in [6, 6.07) is 8.28. The van der Waals surface area contributed by atoms with Gasteiger partial charge in [0.2, 0.25) is 5.91 Å². The van der Waals surface area contributed by atoms with E-state index in [1.807, 2.05) is 12.1 Å². The van der Waals surface area contributed by atoms with E-state index >= 15 is 0 Å². The molecule has 0 bridgehead atoms. The van der Waals surface area contributed by atoms with Crippen molar-refractivity contribution in [3.63, 3.8) is 0 Å². The number of para-hydroxylation sites is 1. The molecule has 1 aliphatic carbocycles. The highest BCUT2D eigenvalue weighted by atomic mass is 16.1. The fraction of sp³-hybridized carbons (Fsp3) is 0.471. The van der Waals surface area contributed by atoms with Crippen LogP contribution < -0.4 is 10.6 Å². The molecule has 1 amide bonds. The molecular weight excluding hydrogens is 248 g/mol. The fourth-order valence-electron chi connectivity index (χ4n) is 3.16. The highest BCUT2D eigenvalue weighted by molar-refractivity contribution is 5.78. The van der Waals surface area contributed by atoms with Crippen LogP contribution in [0.15, 0.2) is 35.9 Å². The van der Waals surface area contributed by atoms with Gasteiger partial charge < -0.3 is 10.6 Å². The van der Waals surface area contributed by atoms with Crippen molar-refractivity contribution in [2.24, 2.45) is 0 Å². The maximum atomic E-state index is 12.0. The first kappa shape index (κ1) is 13.2. The molecule has 0 fully saturated rings. The summed E-state index contributed by atoms with van der Waals surface area (Å²) in [5.41, 5.74) is 3.97. The van der Waals surface area contributed by atoms with Crippen LogP contribution in [0.5, 0.6) is 0 Å². The lowest BCUT2D eigenvalue weighted by atomic mass is 9.97. The Labute approximate surface area is 120 Å². The monoisotopic (exact) mass is 270 g/mol. The van der Waals surface area contributed by atoms with Gasteiger partial charge in [-0.3, -0.25) is 4.79 Å². The van der Waals surface area contributed by atoms with Gasteiger partial charge in [0.05, 0.1) is 0 Å². The Morgan fingerprint density at radius 3 is 3.10 bits per heavy atom. The molecule has 0 spiro atoms. The van der Waals surface area contributed by atoms with Crippen LogP contribution in [-0.2, 0) is 4.79 Å². The maximum absolute atomic E-state index is 12.0. The number of anilines is 1. The fourth-order valence-corrected chi connectivity index (χ4v) is 3.16. The van der Waals surface area contributed by atoms with Crippen LogP contribution in [0.2, 0.25) is 0 Å². The summed E-state index contributed by atoms with van der Waals surface area (Å²) in [6.45, 7) is 1.66. The SMILES string of the molecule is O=C(CC1CNc2ccccc21)NCCC1=CCCC1. The summed E-state index contributed by atoms with van der Waals surface area (Å²) in [4.78, 5) is 12.0. The van der Waals surface area contributed by atoms with E-state index in [0.717, 1.165) is 19.5 Å². The lowest BCUT2D eigenvalue weighted by Crippen LogP contribution is -2.26. The minimum atomic E-state index is 0.173. The molecule has 0 radical (unpaired) electrons. The normalized spacial score (nSPS) is 20.2. The van der Waals surface area contributed by atoms with Crippen molar-refractivity contribution in [1.82, 2.24) is 5.32 Å². The zero-order valence-electron chi connectivity index (χ0n) is 11.8. The van der Waals surface area contributed by atoms with Crippen LogP contribution >= 0.6 is 0 Å². The van der Waals surface area contributed by atoms with Crippen molar-refractivity contribution in [2.75, 3.05) is 18.4 Å². The van der Waals surface area contributed by atoms with Crippen molar-refractivity contribution >= 4 is 11.6 Å². The lowest BCUT2D eigenvalue weighted by Gasteiger charge is -2.11. The minimum Gasteiger partial charge on any atom is -0.384 e. The van der Waals surface area contributed by atoms with Crippen LogP contribution in [-0.4, -0.2) is 19.0 Å². The van der Waals surface area contributed by atoms with Gasteiger partial charge in [-0.25, -0.2) is 0 Å². The minimum absolute atomic E-state index is 0.173. The number of hydrogen-bond acceptors (Lipinski definition) is 2. The Morgan fingerprint density at radius 1 is 1.35 bits per heavy atom. The van der Waals surface area contributed by atoms with Crippen molar-refractivity contribution in [2.45, 2.75) is 38.0 Å². The van der Waals surface area contributed by atoms with Gasteiger partial charge in [0.15, 0.2) is 0 Å². The Morgan fingerprint density at radius 2 is 2.25 bits per heavy atom. The quantitative estimate of drug-likeness (QED) is 0.807. The number of carbonyl (C=O) groups excluding carboxylic acids is 1. The molecule has 0 saturated heterocycles. The van der Waals surface area contributed by atoms with Crippen molar-refractivity contribution in [3.05, 3.63) is 41.5 Å². The average Bonchev–Trinajstić information content (AvgIpc) is 3.09. The number of benzene rings is 1. The molecule has 2 N–H and O–H groups in total. The molecule has 1 unspecified atom stereocenters. The first-order valence-electron chi connectivity index (χ1n) is 7.60. The van der Waals surface area contributed by atoms with Crippen LogP contribution in [0.25, 0.3) is 0 Å². The highest BCUT2D eigenvalue weighted by Crippen LogP contribution is 2.33. The Bertz CT molecular complexity index is 521. The number of hydrogen-bond donors (Lipinski definition) is 2. The number of nitrogens with one attached hydrogen (secondary N) is 2. The molecule has 3 nitrogen and oxygen atoms in total. The summed E-state index contributed by atoms with van der Waals surface area (Å²) in [5.74, 6) is 0.490. The van der Waals surface area contributed by atoms with Gasteiger partial charge in [0, 0.05) is 31.1 Å². The van der Waals surface area contributed by atoms with Crippen molar-refractivity contribution < 1.29 is 4.79 Å². The first-order valence-corrected chi connectivity index (χ1v) is 7.60. The molecule has 1 heterocycles. The molecule has 3 rings (SSSR count). The topological polar surface area (TPSA) is 41.1 Å². The van der Waals surface area contributed by atoms with E-state index in [1.165, 1.54) is 36.1 Å². The Kier molecular flexibility index (Phi) is 4.05. The van der Waals surface area contributed by atoms with Crippen LogP contribution in [0, 0.1) is 0 Å². The molecule has 1 aliphatic heterocycles. The van der Waals surface area contributed by atoms with Crippen molar-refractivity contribution in [1.29, 1.82) is 0 Å². The second-order valence-corrected chi connectivity index (χ2v) is 5.72. The molecule has 1 atom stereocenters. The third-order valence-electron chi connectivity index (χ3n) is 4.27. The predicted octanol–water partition coefficient (Wildman–Crippen LogP) is 3.20. The Balaban J connectivity index is 1.45. The van der Waals surface area contributed by atoms with Gasteiger partial charge in [-0.2, -0.15) is 0 Å². The van der Waals surface area contributed by atoms with Crippen LogP contribution in [0.4, 0.5) is 5.69 Å². The van der Waals surface area contributed by atoms with E-state index in [0.29, 0.717) is 12.3 Å². The maximum Gasteiger partial charge on any atom is 0.220 e. The molecule has 3 heteroatoms. The molecule has 1 aromatic rings. The first-order chi connectivity index (χ1) is 9.83. The second-order valence-electron chi connectivity index (χ2n) is 5.72. The van der Waals surface area contributed by atoms with E-state index in [9.17, 15) is 4.79 Å². The van der Waals surface area contributed by atoms with Crippen molar-refractivity contribution in [3.8, 4) is 0 Å². The number of allylic oxidation sites excluding steroid dienone is 1. The predicted molar refractivity (Wildman–Crippen MR) is 81.9 cm³/mol. The number of fused-ring (bicyclic) bond motifs is 1.